The molecule has 7 heteroatoms. The van der Waals surface area contributed by atoms with Gasteiger partial charge >= 0.3 is 6.03 Å². The van der Waals surface area contributed by atoms with Crippen LogP contribution in [-0.2, 0) is 0 Å². The molecule has 0 bridgehead atoms. The van der Waals surface area contributed by atoms with Crippen LogP contribution < -0.4 is 10.6 Å². The molecule has 2 fully saturated rings. The Labute approximate surface area is 157 Å². The van der Waals surface area contributed by atoms with Gasteiger partial charge in [0.25, 0.3) is 5.89 Å². The Bertz CT molecular complexity index is 754. The minimum atomic E-state index is -0.182. The van der Waals surface area contributed by atoms with E-state index in [9.17, 15) is 4.79 Å². The molecule has 138 valence electrons. The molecule has 0 radical (unpaired) electrons. The molecule has 1 aromatic carbocycles. The zero-order valence-corrected chi connectivity index (χ0v) is 15.6. The monoisotopic (exact) mass is 372 g/mol. The van der Waals surface area contributed by atoms with Crippen molar-refractivity contribution in [2.75, 3.05) is 17.6 Å². The topological polar surface area (TPSA) is 80.0 Å². The van der Waals surface area contributed by atoms with E-state index in [0.29, 0.717) is 18.4 Å². The van der Waals surface area contributed by atoms with E-state index in [1.807, 2.05) is 36.0 Å². The molecular weight excluding hydrogens is 348 g/mol. The fraction of sp³-hybridized carbons (Fsp3) is 0.526. The summed E-state index contributed by atoms with van der Waals surface area (Å²) in [6, 6.07) is 7.32. The average Bonchev–Trinajstić information content (AvgIpc) is 3.16. The van der Waals surface area contributed by atoms with Crippen LogP contribution in [0.15, 0.2) is 28.8 Å². The van der Waals surface area contributed by atoms with Crippen LogP contribution in [0.2, 0.25) is 0 Å². The summed E-state index contributed by atoms with van der Waals surface area (Å²) < 4.78 is 5.35. The molecule has 2 amide bonds. The minimum absolute atomic E-state index is 0.182. The quantitative estimate of drug-likeness (QED) is 0.704. The highest BCUT2D eigenvalue weighted by Crippen LogP contribution is 2.39. The number of amides is 2. The van der Waals surface area contributed by atoms with E-state index in [0.717, 1.165) is 40.9 Å². The largest absolute Gasteiger partial charge is 0.337 e. The first-order valence-corrected chi connectivity index (χ1v) is 10.4. The van der Waals surface area contributed by atoms with Gasteiger partial charge in [0.05, 0.1) is 0 Å². The van der Waals surface area contributed by atoms with Gasteiger partial charge in [0.2, 0.25) is 0 Å². The fourth-order valence-corrected chi connectivity index (χ4v) is 4.43. The summed E-state index contributed by atoms with van der Waals surface area (Å²) in [5.41, 5.74) is 1.54. The molecule has 26 heavy (non-hydrogen) atoms. The van der Waals surface area contributed by atoms with Gasteiger partial charge in [-0.25, -0.2) is 4.79 Å². The van der Waals surface area contributed by atoms with Crippen molar-refractivity contribution >= 4 is 23.5 Å². The van der Waals surface area contributed by atoms with Crippen molar-refractivity contribution in [2.24, 2.45) is 0 Å². The van der Waals surface area contributed by atoms with Gasteiger partial charge in [-0.1, -0.05) is 24.1 Å². The van der Waals surface area contributed by atoms with Gasteiger partial charge in [-0.15, -0.1) is 0 Å². The van der Waals surface area contributed by atoms with Crippen molar-refractivity contribution in [3.8, 4) is 11.5 Å². The highest BCUT2D eigenvalue weighted by molar-refractivity contribution is 7.99. The fourth-order valence-electron chi connectivity index (χ4n) is 3.21. The third-order valence-corrected chi connectivity index (χ3v) is 6.18. The summed E-state index contributed by atoms with van der Waals surface area (Å²) in [4.78, 5) is 16.5. The Morgan fingerprint density at radius 3 is 2.88 bits per heavy atom. The Balaban J connectivity index is 1.26. The van der Waals surface area contributed by atoms with Crippen molar-refractivity contribution in [2.45, 2.75) is 49.7 Å². The maximum atomic E-state index is 12.1. The Morgan fingerprint density at radius 1 is 1.23 bits per heavy atom. The van der Waals surface area contributed by atoms with Crippen molar-refractivity contribution in [3.63, 3.8) is 0 Å². The normalized spacial score (nSPS) is 17.4. The Morgan fingerprint density at radius 2 is 2.08 bits per heavy atom. The van der Waals surface area contributed by atoms with Crippen LogP contribution in [-0.4, -0.2) is 33.7 Å². The van der Waals surface area contributed by atoms with E-state index in [1.54, 1.807) is 0 Å². The third kappa shape index (κ3) is 4.58. The molecule has 1 heterocycles. The van der Waals surface area contributed by atoms with Gasteiger partial charge in [-0.2, -0.15) is 16.7 Å². The van der Waals surface area contributed by atoms with Crippen molar-refractivity contribution in [1.82, 2.24) is 15.5 Å². The number of carbonyl (C=O) groups is 1. The van der Waals surface area contributed by atoms with Gasteiger partial charge in [-0.3, -0.25) is 0 Å². The second-order valence-electron chi connectivity index (χ2n) is 6.97. The molecule has 2 saturated carbocycles. The number of nitrogens with zero attached hydrogens (tertiary/aromatic N) is 2. The molecule has 0 saturated heterocycles. The molecular formula is C19H24N4O2S. The van der Waals surface area contributed by atoms with Crippen molar-refractivity contribution < 1.29 is 9.32 Å². The molecule has 1 aromatic heterocycles. The summed E-state index contributed by atoms with van der Waals surface area (Å²) in [5.74, 6) is 2.71. The Hall–Kier alpha value is -2.02. The molecule has 2 aromatic rings. The lowest BCUT2D eigenvalue weighted by molar-refractivity contribution is 0.252. The molecule has 0 unspecified atom stereocenters. The first-order valence-electron chi connectivity index (χ1n) is 9.38. The maximum Gasteiger partial charge on any atom is 0.319 e. The molecule has 0 atom stereocenters. The van der Waals surface area contributed by atoms with Crippen LogP contribution in [0.4, 0.5) is 10.5 Å². The number of thioether (sulfide) groups is 1. The van der Waals surface area contributed by atoms with E-state index in [2.05, 4.69) is 20.8 Å². The van der Waals surface area contributed by atoms with Crippen LogP contribution in [0.3, 0.4) is 0 Å². The number of nitrogens with one attached hydrogen (secondary N) is 2. The van der Waals surface area contributed by atoms with Crippen molar-refractivity contribution in [3.05, 3.63) is 30.1 Å². The van der Waals surface area contributed by atoms with E-state index < -0.39 is 0 Å². The predicted octanol–water partition coefficient (Wildman–Crippen LogP) is 4.41. The van der Waals surface area contributed by atoms with Crippen LogP contribution in [0.5, 0.6) is 0 Å². The molecule has 4 rings (SSSR count). The lowest BCUT2D eigenvalue weighted by Crippen LogP contribution is -2.30. The summed E-state index contributed by atoms with van der Waals surface area (Å²) in [6.07, 6.45) is 7.62. The maximum absolute atomic E-state index is 12.1. The lowest BCUT2D eigenvalue weighted by Gasteiger charge is -2.10. The number of rotatable bonds is 7. The van der Waals surface area contributed by atoms with Crippen LogP contribution >= 0.6 is 11.8 Å². The van der Waals surface area contributed by atoms with Crippen LogP contribution in [0, 0.1) is 0 Å². The first-order chi connectivity index (χ1) is 12.8. The minimum Gasteiger partial charge on any atom is -0.337 e. The number of aromatic nitrogens is 2. The second kappa shape index (κ2) is 8.12. The number of carbonyl (C=O) groups excluding carboxylic acids is 1. The summed E-state index contributed by atoms with van der Waals surface area (Å²) in [5, 5.41) is 10.6. The van der Waals surface area contributed by atoms with E-state index in [1.165, 1.54) is 25.7 Å². The molecule has 2 N–H and O–H groups in total. The van der Waals surface area contributed by atoms with E-state index >= 15 is 0 Å². The lowest BCUT2D eigenvalue weighted by atomic mass is 10.2. The second-order valence-corrected chi connectivity index (χ2v) is 8.38. The highest BCUT2D eigenvalue weighted by Gasteiger charge is 2.29. The first kappa shape index (κ1) is 17.4. The number of hydrogen-bond acceptors (Lipinski definition) is 5. The average molecular weight is 372 g/mol. The molecule has 2 aliphatic carbocycles. The number of benzene rings is 1. The number of urea groups is 1. The number of hydrogen-bond donors (Lipinski definition) is 2. The van der Waals surface area contributed by atoms with Gasteiger partial charge < -0.3 is 15.2 Å². The summed E-state index contributed by atoms with van der Waals surface area (Å²) in [7, 11) is 0. The molecule has 0 spiro atoms. The number of anilines is 1. The van der Waals surface area contributed by atoms with Crippen LogP contribution in [0.1, 0.15) is 50.3 Å². The third-order valence-electron chi connectivity index (χ3n) is 4.79. The highest BCUT2D eigenvalue weighted by atomic mass is 32.2. The molecule has 6 nitrogen and oxygen atoms in total. The molecule has 2 aliphatic rings. The van der Waals surface area contributed by atoms with Gasteiger partial charge in [0, 0.05) is 34.7 Å². The molecule has 0 aliphatic heterocycles. The Kier molecular flexibility index (Phi) is 5.43. The summed E-state index contributed by atoms with van der Waals surface area (Å²) >= 11 is 1.97. The smallest absolute Gasteiger partial charge is 0.319 e. The van der Waals surface area contributed by atoms with Crippen molar-refractivity contribution in [1.29, 1.82) is 0 Å². The zero-order chi connectivity index (χ0) is 17.8. The van der Waals surface area contributed by atoms with Gasteiger partial charge in [0.15, 0.2) is 5.82 Å². The summed E-state index contributed by atoms with van der Waals surface area (Å²) in [6.45, 7) is 0.682. The van der Waals surface area contributed by atoms with Crippen LogP contribution in [0.25, 0.3) is 11.5 Å². The zero-order valence-electron chi connectivity index (χ0n) is 14.7. The standard InChI is InChI=1S/C19H24N4O2S/c24-19(20-10-11-26-16-6-1-2-7-16)21-15-5-3-4-14(12-15)18-22-17(23-25-18)13-8-9-13/h3-5,12-13,16H,1-2,6-11H2,(H2,20,21,24). The van der Waals surface area contributed by atoms with Gasteiger partial charge in [-0.05, 0) is 43.9 Å². The van der Waals surface area contributed by atoms with E-state index in [4.69, 9.17) is 4.52 Å². The predicted molar refractivity (Wildman–Crippen MR) is 103 cm³/mol. The van der Waals surface area contributed by atoms with E-state index in [-0.39, 0.29) is 6.03 Å². The van der Waals surface area contributed by atoms with Gasteiger partial charge in [0.1, 0.15) is 0 Å². The SMILES string of the molecule is O=C(NCCSC1CCCC1)Nc1cccc(-c2nc(C3CC3)no2)c1.